The van der Waals surface area contributed by atoms with Crippen LogP contribution in [0.15, 0.2) is 182 Å². The first-order valence-electron chi connectivity index (χ1n) is 18.5. The SMILES string of the molecule is C\C=C/C(=C\C=C/CC(c1ccc2cc(N)ccc2c1)c1ccc2cc(N)ccc2c1)C(c1ccc2cc(N)ccc2c1)c1ccc2cc(N)ccc2c1. The molecule has 0 aliphatic heterocycles. The van der Waals surface area contributed by atoms with Crippen LogP contribution in [-0.2, 0) is 0 Å². The Bertz CT molecular complexity index is 2600. The fourth-order valence-electron chi connectivity index (χ4n) is 7.80. The van der Waals surface area contributed by atoms with E-state index in [9.17, 15) is 0 Å². The van der Waals surface area contributed by atoms with E-state index in [4.69, 9.17) is 22.9 Å². The number of rotatable bonds is 9. The molecule has 8 aromatic rings. The molecule has 4 heteroatoms. The molecule has 0 heterocycles. The molecule has 0 saturated carbocycles. The normalized spacial score (nSPS) is 12.5. The summed E-state index contributed by atoms with van der Waals surface area (Å²) in [5.41, 5.74) is 33.7. The van der Waals surface area contributed by atoms with Crippen molar-refractivity contribution >= 4 is 65.8 Å². The number of benzene rings is 8. The summed E-state index contributed by atoms with van der Waals surface area (Å²) in [4.78, 5) is 0. The summed E-state index contributed by atoms with van der Waals surface area (Å²) in [6.07, 6.45) is 12.0. The smallest absolute Gasteiger partial charge is 0.0340 e. The first-order valence-corrected chi connectivity index (χ1v) is 18.5. The molecule has 0 aliphatic carbocycles. The van der Waals surface area contributed by atoms with Gasteiger partial charge in [-0.05, 0) is 133 Å². The number of hydrogen-bond acceptors (Lipinski definition) is 4. The Morgan fingerprint density at radius 3 is 1.17 bits per heavy atom. The molecule has 0 bridgehead atoms. The second kappa shape index (κ2) is 14.7. The monoisotopic (exact) mass is 700 g/mol. The molecule has 8 aromatic carbocycles. The molecule has 8 rings (SSSR count). The lowest BCUT2D eigenvalue weighted by molar-refractivity contribution is 0.832. The minimum absolute atomic E-state index is 0.00796. The Morgan fingerprint density at radius 1 is 0.444 bits per heavy atom. The van der Waals surface area contributed by atoms with Gasteiger partial charge in [0.25, 0.3) is 0 Å². The van der Waals surface area contributed by atoms with Crippen molar-refractivity contribution in [1.29, 1.82) is 0 Å². The summed E-state index contributed by atoms with van der Waals surface area (Å²) in [5, 5.41) is 9.22. The quantitative estimate of drug-likeness (QED) is 0.0888. The lowest BCUT2D eigenvalue weighted by atomic mass is 9.82. The van der Waals surface area contributed by atoms with Crippen LogP contribution >= 0.6 is 0 Å². The van der Waals surface area contributed by atoms with Crippen molar-refractivity contribution in [2.24, 2.45) is 0 Å². The summed E-state index contributed by atoms with van der Waals surface area (Å²) < 4.78 is 0. The van der Waals surface area contributed by atoms with Gasteiger partial charge in [-0.1, -0.05) is 127 Å². The van der Waals surface area contributed by atoms with Crippen molar-refractivity contribution in [3.05, 3.63) is 204 Å². The van der Waals surface area contributed by atoms with Crippen LogP contribution in [0.25, 0.3) is 43.1 Å². The van der Waals surface area contributed by atoms with Crippen LogP contribution < -0.4 is 22.9 Å². The molecule has 0 radical (unpaired) electrons. The third kappa shape index (κ3) is 7.15. The van der Waals surface area contributed by atoms with Crippen LogP contribution in [-0.4, -0.2) is 0 Å². The van der Waals surface area contributed by atoms with Crippen molar-refractivity contribution < 1.29 is 0 Å². The molecule has 4 nitrogen and oxygen atoms in total. The fourth-order valence-corrected chi connectivity index (χ4v) is 7.80. The van der Waals surface area contributed by atoms with Gasteiger partial charge >= 0.3 is 0 Å². The van der Waals surface area contributed by atoms with E-state index in [1.807, 2.05) is 48.5 Å². The van der Waals surface area contributed by atoms with E-state index in [2.05, 4.69) is 134 Å². The third-order valence-corrected chi connectivity index (χ3v) is 10.5. The van der Waals surface area contributed by atoms with Crippen LogP contribution in [0.2, 0.25) is 0 Å². The second-order valence-corrected chi connectivity index (χ2v) is 14.3. The number of hydrogen-bond donors (Lipinski definition) is 4. The standard InChI is InChI=1S/C50H44N4/c1-2-5-32(50(43-14-10-39-30-47(53)22-18-35(39)26-43)44-15-11-40-31-48(54)23-19-36(40)27-44)6-3-4-7-49(41-12-8-37-28-45(51)20-16-33(37)24-41)42-13-9-38-29-46(52)21-17-34(38)25-42/h2-6,8-31,49-50H,7,51-54H2,1H3/b4-3-,5-2-,32-6+. The number of nitrogens with two attached hydrogens (primary N) is 4. The van der Waals surface area contributed by atoms with Crippen molar-refractivity contribution in [3.63, 3.8) is 0 Å². The molecular formula is C50H44N4. The van der Waals surface area contributed by atoms with Crippen molar-refractivity contribution in [1.82, 2.24) is 0 Å². The zero-order chi connectivity index (χ0) is 37.2. The largest absolute Gasteiger partial charge is 0.399 e. The summed E-state index contributed by atoms with van der Waals surface area (Å²) in [7, 11) is 0. The molecule has 0 aliphatic rings. The molecular weight excluding hydrogens is 657 g/mol. The number of allylic oxidation sites excluding steroid dienone is 6. The van der Waals surface area contributed by atoms with Crippen molar-refractivity contribution in [3.8, 4) is 0 Å². The molecule has 0 aromatic heterocycles. The summed E-state index contributed by atoms with van der Waals surface area (Å²) >= 11 is 0. The van der Waals surface area contributed by atoms with E-state index in [1.54, 1.807) is 0 Å². The van der Waals surface area contributed by atoms with Crippen LogP contribution in [0.3, 0.4) is 0 Å². The van der Waals surface area contributed by atoms with Gasteiger partial charge < -0.3 is 22.9 Å². The van der Waals surface area contributed by atoms with Gasteiger partial charge in [0.15, 0.2) is 0 Å². The first kappa shape index (κ1) is 34.3. The Hall–Kier alpha value is -6.78. The molecule has 0 atom stereocenters. The van der Waals surface area contributed by atoms with Crippen LogP contribution in [0.4, 0.5) is 22.7 Å². The van der Waals surface area contributed by atoms with Crippen LogP contribution in [0, 0.1) is 0 Å². The summed E-state index contributed by atoms with van der Waals surface area (Å²) in [5.74, 6) is 0.131. The zero-order valence-electron chi connectivity index (χ0n) is 30.4. The Labute approximate surface area is 316 Å². The minimum Gasteiger partial charge on any atom is -0.399 e. The maximum atomic E-state index is 6.14. The zero-order valence-corrected chi connectivity index (χ0v) is 30.4. The van der Waals surface area contributed by atoms with E-state index < -0.39 is 0 Å². The van der Waals surface area contributed by atoms with Gasteiger partial charge in [-0.15, -0.1) is 0 Å². The first-order chi connectivity index (χ1) is 26.3. The molecule has 0 unspecified atom stereocenters. The van der Waals surface area contributed by atoms with Gasteiger partial charge in [-0.2, -0.15) is 0 Å². The maximum Gasteiger partial charge on any atom is 0.0340 e. The highest BCUT2D eigenvalue weighted by Gasteiger charge is 2.19. The highest BCUT2D eigenvalue weighted by molar-refractivity contribution is 5.89. The molecule has 8 N–H and O–H groups in total. The minimum atomic E-state index is -0.00796. The average molecular weight is 701 g/mol. The van der Waals surface area contributed by atoms with E-state index in [0.29, 0.717) is 0 Å². The molecule has 54 heavy (non-hydrogen) atoms. The fraction of sp³-hybridized carbons (Fsp3) is 0.0800. The number of anilines is 4. The molecule has 264 valence electrons. The molecule has 0 amide bonds. The predicted octanol–water partition coefficient (Wildman–Crippen LogP) is 12.0. The maximum absolute atomic E-state index is 6.14. The Morgan fingerprint density at radius 2 is 0.778 bits per heavy atom. The van der Waals surface area contributed by atoms with Gasteiger partial charge in [-0.3, -0.25) is 0 Å². The van der Waals surface area contributed by atoms with Crippen molar-refractivity contribution in [2.75, 3.05) is 22.9 Å². The average Bonchev–Trinajstić information content (AvgIpc) is 3.17. The van der Waals surface area contributed by atoms with Crippen LogP contribution in [0.5, 0.6) is 0 Å². The van der Waals surface area contributed by atoms with Gasteiger partial charge in [0.05, 0.1) is 0 Å². The van der Waals surface area contributed by atoms with Crippen LogP contribution in [0.1, 0.15) is 47.4 Å². The third-order valence-electron chi connectivity index (χ3n) is 10.5. The van der Waals surface area contributed by atoms with Gasteiger partial charge in [0.2, 0.25) is 0 Å². The molecule has 0 saturated heterocycles. The lowest BCUT2D eigenvalue weighted by Crippen LogP contribution is -2.04. The van der Waals surface area contributed by atoms with Gasteiger partial charge in [-0.25, -0.2) is 0 Å². The van der Waals surface area contributed by atoms with Gasteiger partial charge in [0.1, 0.15) is 0 Å². The highest BCUT2D eigenvalue weighted by atomic mass is 14.5. The predicted molar refractivity (Wildman–Crippen MR) is 234 cm³/mol. The van der Waals surface area contributed by atoms with Gasteiger partial charge in [0, 0.05) is 34.6 Å². The van der Waals surface area contributed by atoms with Crippen molar-refractivity contribution in [2.45, 2.75) is 25.2 Å². The highest BCUT2D eigenvalue weighted by Crippen LogP contribution is 2.38. The van der Waals surface area contributed by atoms with E-state index in [0.717, 1.165) is 61.5 Å². The topological polar surface area (TPSA) is 104 Å². The number of fused-ring (bicyclic) bond motifs is 4. The Balaban J connectivity index is 1.20. The Kier molecular flexibility index (Phi) is 9.33. The van der Waals surface area contributed by atoms with E-state index >= 15 is 0 Å². The molecule has 0 spiro atoms. The summed E-state index contributed by atoms with van der Waals surface area (Å²) in [6, 6.07) is 51.3. The van der Waals surface area contributed by atoms with E-state index in [-0.39, 0.29) is 11.8 Å². The van der Waals surface area contributed by atoms with E-state index in [1.165, 1.54) is 38.6 Å². The molecule has 0 fully saturated rings. The summed E-state index contributed by atoms with van der Waals surface area (Å²) in [6.45, 7) is 2.08. The number of nitrogen functional groups attached to an aromatic ring is 4. The lowest BCUT2D eigenvalue weighted by Gasteiger charge is -2.21. The second-order valence-electron chi connectivity index (χ2n) is 14.3.